The summed E-state index contributed by atoms with van der Waals surface area (Å²) in [5, 5.41) is 0. The Bertz CT molecular complexity index is 2720. The predicted molar refractivity (Wildman–Crippen MR) is 507 cm³/mol. The van der Waals surface area contributed by atoms with Crippen LogP contribution in [-0.4, -0.2) is 0 Å². The van der Waals surface area contributed by atoms with Crippen LogP contribution in [0.15, 0.2) is 60.7 Å². The van der Waals surface area contributed by atoms with Gasteiger partial charge in [-0.1, -0.05) is 60.7 Å². The van der Waals surface area contributed by atoms with E-state index >= 15 is 0 Å². The van der Waals surface area contributed by atoms with Crippen molar-refractivity contribution in [1.82, 2.24) is 0 Å². The molecule has 88 heavy (non-hydrogen) atoms. The van der Waals surface area contributed by atoms with E-state index < -0.39 is 0 Å². The van der Waals surface area contributed by atoms with Gasteiger partial charge in [-0.3, -0.25) is 0 Å². The molecule has 0 fully saturated rings. The van der Waals surface area contributed by atoms with Gasteiger partial charge in [0.2, 0.25) is 0 Å². The summed E-state index contributed by atoms with van der Waals surface area (Å²) in [6.45, 7) is 0. The molecule has 0 spiro atoms. The number of hydrogen-bond acceptors (Lipinski definition) is 0. The van der Waals surface area contributed by atoms with E-state index in [9.17, 15) is 0 Å². The molecule has 0 heterocycles. The van der Waals surface area contributed by atoms with Gasteiger partial charge in [-0.05, 0) is 305 Å². The fourth-order valence-corrected chi connectivity index (χ4v) is 21.7. The van der Waals surface area contributed by atoms with Crippen LogP contribution in [0.2, 0.25) is 0 Å². The molecule has 0 aliphatic rings. The van der Waals surface area contributed by atoms with Crippen molar-refractivity contribution in [3.8, 4) is 0 Å². The molecule has 26 atom stereocenters. The molecular weight excluding hydrogens is 1550 g/mol. The predicted octanol–water partition coefficient (Wildman–Crippen LogP) is 19.9. The van der Waals surface area contributed by atoms with Crippen LogP contribution in [-0.2, 0) is 160 Å². The van der Waals surface area contributed by atoms with Crippen molar-refractivity contribution in [2.75, 3.05) is 0 Å². The third kappa shape index (κ3) is 28.6. The van der Waals surface area contributed by atoms with Crippen molar-refractivity contribution >= 4 is 240 Å². The highest BCUT2D eigenvalue weighted by Crippen LogP contribution is 2.38. The average Bonchev–Trinajstić information content (AvgIpc) is 1.03. The van der Waals surface area contributed by atoms with Gasteiger partial charge in [-0.2, -0.15) is 0 Å². The van der Waals surface area contributed by atoms with Crippen LogP contribution in [0.4, 0.5) is 0 Å². The van der Waals surface area contributed by atoms with Crippen molar-refractivity contribution in [2.24, 2.45) is 0 Å². The molecule has 0 nitrogen and oxygen atoms in total. The molecule has 0 aliphatic carbocycles. The largest absolute Gasteiger partial charge is 0.133 e. The van der Waals surface area contributed by atoms with Gasteiger partial charge in [-0.15, -0.1) is 240 Å². The molecule has 0 aliphatic heterocycles. The molecule has 26 unspecified atom stereocenters. The van der Waals surface area contributed by atoms with E-state index in [4.69, 9.17) is 0 Å². The maximum absolute atomic E-state index is 2.90. The molecular formula is C62H114P26. The second-order valence-corrected chi connectivity index (χ2v) is 30.6. The number of hydrogen-bond donors (Lipinski definition) is 0. The quantitative estimate of drug-likeness (QED) is 0.0475. The SMILES string of the molecule is PCc1c(CP)c(CP)c(CP)c(CP)c1CP.PCc1cc(CP)c(CP)c(CP)c1.PCc1cc(CP)c(CP)c(CP)c1CP.PCc1cc(CP)c(CP)cc1CP.PCc1ccc(CP)c(CP)c1.PCc1ccc(CP)c(CP)c1CP. The van der Waals surface area contributed by atoms with Crippen molar-refractivity contribution in [2.45, 2.75) is 160 Å². The number of rotatable bonds is 26. The molecule has 0 N–H and O–H groups in total. The van der Waals surface area contributed by atoms with Crippen LogP contribution in [0.25, 0.3) is 0 Å². The van der Waals surface area contributed by atoms with Gasteiger partial charge in [0.25, 0.3) is 0 Å². The zero-order chi connectivity index (χ0) is 66.5. The topological polar surface area (TPSA) is 0 Å². The first kappa shape index (κ1) is 92.5. The normalized spacial score (nSPS) is 10.7. The van der Waals surface area contributed by atoms with Gasteiger partial charge in [0.15, 0.2) is 0 Å². The smallest absolute Gasteiger partial charge is 0.0123 e. The van der Waals surface area contributed by atoms with Gasteiger partial charge >= 0.3 is 0 Å². The third-order valence-corrected chi connectivity index (χ3v) is 26.6. The summed E-state index contributed by atoms with van der Waals surface area (Å²) in [7, 11) is 73.8. The van der Waals surface area contributed by atoms with Crippen LogP contribution < -0.4 is 0 Å². The highest BCUT2D eigenvalue weighted by atomic mass is 31.1. The monoisotopic (exact) mass is 1660 g/mol. The van der Waals surface area contributed by atoms with Gasteiger partial charge in [0.1, 0.15) is 0 Å². The van der Waals surface area contributed by atoms with Crippen LogP contribution in [0, 0.1) is 0 Å². The van der Waals surface area contributed by atoms with Crippen molar-refractivity contribution in [1.29, 1.82) is 0 Å². The Balaban J connectivity index is 0.000000530. The zero-order valence-electron chi connectivity index (χ0n) is 52.2. The third-order valence-electron chi connectivity index (χ3n) is 15.5. The molecule has 492 valence electrons. The van der Waals surface area contributed by atoms with E-state index in [1.165, 1.54) is 111 Å². The molecule has 0 saturated carbocycles. The fraction of sp³-hybridized carbons (Fsp3) is 0.419. The Morgan fingerprint density at radius 2 is 0.307 bits per heavy atom. The molecule has 6 aromatic carbocycles. The summed E-state index contributed by atoms with van der Waals surface area (Å²) in [5.41, 5.74) is 38.8. The summed E-state index contributed by atoms with van der Waals surface area (Å²) in [6, 6.07) is 23.0. The van der Waals surface area contributed by atoms with Crippen molar-refractivity contribution < 1.29 is 0 Å². The highest BCUT2D eigenvalue weighted by Gasteiger charge is 2.19. The average molecular weight is 1660 g/mol. The van der Waals surface area contributed by atoms with Crippen LogP contribution in [0.3, 0.4) is 0 Å². The molecule has 6 aromatic rings. The Morgan fingerprint density at radius 1 is 0.125 bits per heavy atom. The Labute approximate surface area is 600 Å². The fourth-order valence-electron chi connectivity index (χ4n) is 10.7. The minimum atomic E-state index is 1.05. The highest BCUT2D eigenvalue weighted by molar-refractivity contribution is 7.20. The maximum atomic E-state index is 2.90. The standard InChI is InChI=1S/C12H24P6.C11H21P5.3C10H18P4.C9H15P3/c13-1-7-8(2-14)10(4-16)12(6-18)11(5-17)9(7)3-15;12-2-7-1-8(3-13)10(5-15)11(6-16)9(7)4-14;11-3-7-1-8(4-12)10(6-14)2-9(7)5-13;11-3-7-1-8(4-12)10(6-14)9(2-7)5-13;11-3-7-1-2-8(4-12)10(6-14)9(7)5-13;10-4-7-1-2-8(5-11)9(3-7)6-12/h1-6,13-18H2;1H,2-6,12-16H2;3*1-2H,3-6,11-14H2;1-3H,4-6,10-12H2. The summed E-state index contributed by atoms with van der Waals surface area (Å²) in [4.78, 5) is 0. The summed E-state index contributed by atoms with van der Waals surface area (Å²) >= 11 is 0. The minimum absolute atomic E-state index is 1.05. The lowest BCUT2D eigenvalue weighted by Crippen LogP contribution is -2.09. The zero-order valence-corrected chi connectivity index (χ0v) is 82.2. The van der Waals surface area contributed by atoms with E-state index in [1.807, 2.05) is 0 Å². The lowest BCUT2D eigenvalue weighted by atomic mass is 9.90. The van der Waals surface area contributed by atoms with Gasteiger partial charge in [0, 0.05) is 0 Å². The molecule has 0 saturated heterocycles. The van der Waals surface area contributed by atoms with Crippen molar-refractivity contribution in [3.63, 3.8) is 0 Å². The van der Waals surface area contributed by atoms with Crippen molar-refractivity contribution in [3.05, 3.63) is 205 Å². The van der Waals surface area contributed by atoms with E-state index in [0.717, 1.165) is 160 Å². The van der Waals surface area contributed by atoms with E-state index in [2.05, 4.69) is 301 Å². The van der Waals surface area contributed by atoms with Crippen LogP contribution >= 0.6 is 240 Å². The maximum Gasteiger partial charge on any atom is -0.0123 e. The summed E-state index contributed by atoms with van der Waals surface area (Å²) in [6.07, 6.45) is 27.4. The molecule has 6 rings (SSSR count). The van der Waals surface area contributed by atoms with Gasteiger partial charge in [-0.25, -0.2) is 0 Å². The van der Waals surface area contributed by atoms with E-state index in [1.54, 1.807) is 33.4 Å². The van der Waals surface area contributed by atoms with E-state index in [0.29, 0.717) is 0 Å². The molecule has 0 amide bonds. The van der Waals surface area contributed by atoms with E-state index in [-0.39, 0.29) is 0 Å². The lowest BCUT2D eigenvalue weighted by molar-refractivity contribution is 1.07. The lowest BCUT2D eigenvalue weighted by Gasteiger charge is -2.24. The molecule has 0 radical (unpaired) electrons. The number of benzene rings is 6. The molecule has 0 aromatic heterocycles. The molecule has 0 bridgehead atoms. The van der Waals surface area contributed by atoms with Gasteiger partial charge < -0.3 is 0 Å². The Hall–Kier alpha value is 6.50. The Kier molecular flexibility index (Phi) is 57.9. The summed E-state index contributed by atoms with van der Waals surface area (Å²) < 4.78 is 0. The first-order valence-electron chi connectivity index (χ1n) is 29.6. The first-order chi connectivity index (χ1) is 42.5. The Morgan fingerprint density at radius 3 is 0.534 bits per heavy atom. The van der Waals surface area contributed by atoms with Crippen LogP contribution in [0.1, 0.15) is 145 Å². The summed E-state index contributed by atoms with van der Waals surface area (Å²) in [5.74, 6) is 0. The van der Waals surface area contributed by atoms with Crippen LogP contribution in [0.5, 0.6) is 0 Å². The molecule has 26 heteroatoms. The van der Waals surface area contributed by atoms with Gasteiger partial charge in [0.05, 0.1) is 0 Å². The second-order valence-electron chi connectivity index (χ2n) is 20.0. The minimum Gasteiger partial charge on any atom is -0.133 e. The first-order valence-corrected chi connectivity index (χ1v) is 50.8. The second kappa shape index (κ2) is 55.1.